The van der Waals surface area contributed by atoms with E-state index in [1.54, 1.807) is 13.8 Å². The van der Waals surface area contributed by atoms with Crippen LogP contribution in [0.4, 0.5) is 0 Å². The first-order valence-corrected chi connectivity index (χ1v) is 31.8. The Bertz CT molecular complexity index is 1870. The van der Waals surface area contributed by atoms with Gasteiger partial charge in [0.15, 0.2) is 27.3 Å². The Morgan fingerprint density at radius 1 is 0.719 bits per heavy atom. The van der Waals surface area contributed by atoms with Crippen molar-refractivity contribution in [3.8, 4) is 0 Å². The third kappa shape index (κ3) is 11.0. The molecular weight excluding hydrogens is 848 g/mol. The molecule has 0 aromatic carbocycles. The summed E-state index contributed by atoms with van der Waals surface area (Å²) in [4.78, 5) is 13.3. The second-order valence-electron chi connectivity index (χ2n) is 23.4. The largest absolute Gasteiger partial charge is 0.370 e. The van der Waals surface area contributed by atoms with Gasteiger partial charge in [0.05, 0.1) is 69.2 Å². The predicted octanol–water partition coefficient (Wildman–Crippen LogP) is 13.6. The van der Waals surface area contributed by atoms with E-state index < -0.39 is 87.2 Å². The van der Waals surface area contributed by atoms with Crippen molar-refractivity contribution < 1.29 is 22.9 Å². The molecule has 57 heavy (non-hydrogen) atoms. The Morgan fingerprint density at radius 2 is 1.19 bits per heavy atom. The molecule has 8 unspecified atom stereocenters. The molecule has 8 atom stereocenters. The SMILES string of the molecule is BP1(C(C)(C)C)=NC(C)C(C)(C)/[PH]2=N/C(C)(C)C(C)(C)P(O)(=NC(C)(C)O)OP(S)(=NC(C)(C)C)C(C)(C)C(C)(C)N=P(B)(O2)C(C)(C)C(C)/N=[PH](\C(C)(C)C)O1. The minimum Gasteiger partial charge on any atom is -0.370 e. The van der Waals surface area contributed by atoms with Gasteiger partial charge >= 0.3 is 0 Å². The van der Waals surface area contributed by atoms with Crippen LogP contribution in [0.3, 0.4) is 0 Å². The third-order valence-electron chi connectivity index (χ3n) is 13.1. The van der Waals surface area contributed by atoms with Crippen molar-refractivity contribution in [2.24, 2.45) is 28.5 Å². The lowest BCUT2D eigenvalue weighted by atomic mass is 9.91. The van der Waals surface area contributed by atoms with Gasteiger partial charge in [0.25, 0.3) is 0 Å². The van der Waals surface area contributed by atoms with Gasteiger partial charge in [-0.05, 0) is 104 Å². The van der Waals surface area contributed by atoms with Gasteiger partial charge in [0.2, 0.25) is 7.51 Å². The summed E-state index contributed by atoms with van der Waals surface area (Å²) in [5, 5.41) is 7.71. The molecule has 0 aliphatic carbocycles. The summed E-state index contributed by atoms with van der Waals surface area (Å²) in [6.07, 6.45) is 0. The highest BCUT2D eigenvalue weighted by molar-refractivity contribution is 8.48. The number of rotatable bonds is 1. The minimum atomic E-state index is -4.02. The van der Waals surface area contributed by atoms with E-state index in [-0.39, 0.29) is 22.4 Å². The van der Waals surface area contributed by atoms with Crippen molar-refractivity contribution in [3.63, 3.8) is 0 Å². The maximum absolute atomic E-state index is 13.3. The van der Waals surface area contributed by atoms with E-state index in [0.717, 1.165) is 0 Å². The molecule has 0 aromatic rings. The van der Waals surface area contributed by atoms with E-state index in [4.69, 9.17) is 53.7 Å². The zero-order valence-corrected chi connectivity index (χ0v) is 47.7. The lowest BCUT2D eigenvalue weighted by Gasteiger charge is -2.54. The van der Waals surface area contributed by atoms with Crippen LogP contribution in [0.25, 0.3) is 0 Å². The van der Waals surface area contributed by atoms with Crippen LogP contribution in [-0.2, 0) is 12.9 Å². The van der Waals surface area contributed by atoms with E-state index in [1.165, 1.54) is 0 Å². The van der Waals surface area contributed by atoms with Crippen LogP contribution in [0.1, 0.15) is 173 Å². The fourth-order valence-corrected chi connectivity index (χ4v) is 29.1. The number of hydrogen-bond donors (Lipinski definition) is 3. The molecule has 0 aromatic heterocycles. The van der Waals surface area contributed by atoms with E-state index in [0.29, 0.717) is 0 Å². The first-order chi connectivity index (χ1) is 24.5. The van der Waals surface area contributed by atoms with Crippen molar-refractivity contribution in [1.82, 2.24) is 0 Å². The second kappa shape index (κ2) is 16.3. The zero-order chi connectivity index (χ0) is 45.7. The molecule has 0 amide bonds. The molecule has 20 heteroatoms. The molecule has 2 aliphatic heterocycles. The molecule has 0 fully saturated rings. The average molecular weight is 935 g/mol. The van der Waals surface area contributed by atoms with Gasteiger partial charge in [-0.3, -0.25) is 28.0 Å². The summed E-state index contributed by atoms with van der Waals surface area (Å²) in [6, 6.07) is -0.429. The normalized spacial score (nSPS) is 39.3. The highest BCUT2D eigenvalue weighted by atomic mass is 32.7. The summed E-state index contributed by atoms with van der Waals surface area (Å²) in [5.41, 5.74) is -4.14. The molecule has 0 radical (unpaired) electrons. The van der Waals surface area contributed by atoms with Crippen LogP contribution < -0.4 is 0 Å². The summed E-state index contributed by atoms with van der Waals surface area (Å²) in [5.74, 6) is 0. The average Bonchev–Trinajstić information content (AvgIpc) is 2.91. The van der Waals surface area contributed by atoms with Crippen LogP contribution >= 0.6 is 56.4 Å². The Labute approximate surface area is 359 Å². The van der Waals surface area contributed by atoms with Crippen molar-refractivity contribution in [1.29, 1.82) is 0 Å². The minimum absolute atomic E-state index is 0.201. The first-order valence-electron chi connectivity index (χ1n) is 20.4. The first kappa shape index (κ1) is 54.8. The maximum atomic E-state index is 13.3. The van der Waals surface area contributed by atoms with Gasteiger partial charge in [-0.1, -0.05) is 69.2 Å². The predicted molar refractivity (Wildman–Crippen MR) is 269 cm³/mol. The highest BCUT2D eigenvalue weighted by Gasteiger charge is 2.59. The Kier molecular flexibility index (Phi) is 15.6. The molecule has 2 bridgehead atoms. The smallest absolute Gasteiger partial charge is 0.225 e. The fourth-order valence-electron chi connectivity index (χ4n) is 6.00. The van der Waals surface area contributed by atoms with E-state index >= 15 is 0 Å². The Morgan fingerprint density at radius 3 is 1.60 bits per heavy atom. The Balaban J connectivity index is 3.62. The molecule has 0 saturated carbocycles. The van der Waals surface area contributed by atoms with Gasteiger partial charge in [0.1, 0.15) is 0 Å². The molecule has 0 spiro atoms. The monoisotopic (exact) mass is 934 g/mol. The topological polar surface area (TPSA) is 142 Å². The van der Waals surface area contributed by atoms with Crippen LogP contribution in [0.2, 0.25) is 0 Å². The highest BCUT2D eigenvalue weighted by Crippen LogP contribution is 2.83. The fraction of sp³-hybridized carbons (Fsp3) is 1.00. The molecule has 11 nitrogen and oxygen atoms in total. The van der Waals surface area contributed by atoms with Gasteiger partial charge in [-0.15, -0.1) is 12.2 Å². The molecule has 2 aliphatic rings. The van der Waals surface area contributed by atoms with Crippen LogP contribution in [0.5, 0.6) is 0 Å². The van der Waals surface area contributed by atoms with Crippen LogP contribution in [0.15, 0.2) is 28.5 Å². The van der Waals surface area contributed by atoms with Crippen molar-refractivity contribution in [3.05, 3.63) is 0 Å². The quantitative estimate of drug-likeness (QED) is 0.136. The Hall–Kier alpha value is 1.66. The molecule has 2 N–H and O–H groups in total. The van der Waals surface area contributed by atoms with E-state index in [2.05, 4.69) is 126 Å². The van der Waals surface area contributed by atoms with Gasteiger partial charge in [-0.2, -0.15) is 0 Å². The summed E-state index contributed by atoms with van der Waals surface area (Å²) in [7, 11) is -9.06. The number of fused-ring (bicyclic) bond motifs is 2. The number of nitrogens with zero attached hydrogens (tertiary/aromatic N) is 6. The molecular formula is C37H86B2N6O5P6S. The molecule has 0 saturated heterocycles. The van der Waals surface area contributed by atoms with E-state index in [1.807, 2.05) is 48.5 Å². The third-order valence-corrected chi connectivity index (χ3v) is 38.1. The van der Waals surface area contributed by atoms with Gasteiger partial charge < -0.3 is 18.6 Å². The van der Waals surface area contributed by atoms with Crippen molar-refractivity contribution in [2.45, 2.75) is 238 Å². The summed E-state index contributed by atoms with van der Waals surface area (Å²) >= 11 is 5.49. The lowest BCUT2D eigenvalue weighted by Crippen LogP contribution is -2.47. The summed E-state index contributed by atoms with van der Waals surface area (Å²) in [6.45, 7) is 49.0. The zero-order valence-electron chi connectivity index (χ0n) is 41.2. The summed E-state index contributed by atoms with van der Waals surface area (Å²) < 4.78 is 56.1. The number of hydrogen-bond acceptors (Lipinski definition) is 10. The number of aliphatic hydroxyl groups is 1. The van der Waals surface area contributed by atoms with Crippen LogP contribution in [0, 0.1) is 0 Å². The lowest BCUT2D eigenvalue weighted by molar-refractivity contribution is 0.0893. The number of thiol groups is 1. The van der Waals surface area contributed by atoms with Crippen molar-refractivity contribution >= 4 is 71.6 Å². The van der Waals surface area contributed by atoms with Crippen LogP contribution in [-0.4, -0.2) is 90.5 Å². The van der Waals surface area contributed by atoms with E-state index in [9.17, 15) is 10.00 Å². The van der Waals surface area contributed by atoms with Gasteiger partial charge in [-0.25, -0.2) is 4.74 Å². The molecule has 2 heterocycles. The standard InChI is InChI=1S/C37H86B2N6O5P6S/c1-26-31(12,13)52-42-33(16,17)35(20,21)55(47,45-37(24,25)46)50-56(57,43-28(3,4)5)36(22,23)34(18,19)44-54(39,49-52)32(14,15)27(2)40-51(29(6,7)8)48-53(38,41-26)30(9,10)11/h26-27,46-47,51-52,57H,38-39H2,1-25H3. The second-order valence-corrected chi connectivity index (χ2v) is 42.9. The molecule has 2 rings (SSSR count). The van der Waals surface area contributed by atoms with Crippen molar-refractivity contribution in [2.75, 3.05) is 0 Å². The maximum Gasteiger partial charge on any atom is 0.225 e. The molecule has 336 valence electrons. The van der Waals surface area contributed by atoms with Gasteiger partial charge in [0, 0.05) is 20.6 Å².